The van der Waals surface area contributed by atoms with Gasteiger partial charge in [-0.15, -0.1) is 0 Å². The number of phosphoric acid groups is 1. The monoisotopic (exact) mass is 864 g/mol. The van der Waals surface area contributed by atoms with Crippen molar-refractivity contribution in [1.82, 2.24) is 0 Å². The molecule has 0 aromatic heterocycles. The Kier molecular flexibility index (Phi) is 32.3. The minimum Gasteiger partial charge on any atom is -0.462 e. The second-order valence-corrected chi connectivity index (χ2v) is 16.1. The number of aliphatic hydroxyl groups is 5. The summed E-state index contributed by atoms with van der Waals surface area (Å²) < 4.78 is 33.4. The van der Waals surface area contributed by atoms with Gasteiger partial charge in [-0.3, -0.25) is 18.6 Å². The maximum absolute atomic E-state index is 12.8. The Morgan fingerprint density at radius 3 is 1.45 bits per heavy atom. The van der Waals surface area contributed by atoms with Crippen LogP contribution in [0.5, 0.6) is 0 Å². The number of phosphoric ester groups is 1. The normalized spacial score (nSPS) is 23.1. The van der Waals surface area contributed by atoms with Crippen molar-refractivity contribution < 1.29 is 63.1 Å². The lowest BCUT2D eigenvalue weighted by Gasteiger charge is -2.41. The van der Waals surface area contributed by atoms with Gasteiger partial charge in [0.25, 0.3) is 0 Å². The summed E-state index contributed by atoms with van der Waals surface area (Å²) in [6.07, 6.45) is 33.2. The number of aliphatic hydroxyl groups excluding tert-OH is 5. The van der Waals surface area contributed by atoms with E-state index in [1.807, 2.05) is 72.9 Å². The van der Waals surface area contributed by atoms with Gasteiger partial charge in [0.05, 0.1) is 6.61 Å². The quantitative estimate of drug-likeness (QED) is 0.0161. The van der Waals surface area contributed by atoms with Crippen LogP contribution in [0, 0.1) is 0 Å². The average Bonchev–Trinajstić information content (AvgIpc) is 3.23. The standard InChI is InChI=1S/C46H73O13P/c1-3-5-7-9-11-13-15-17-18-19-20-21-23-24-26-28-30-32-34-39(47)56-36-38(37-57-60(54,55)59-46-44(52)42(50)41(49)43(51)45(46)53)58-40(48)35-33-31-29-27-25-22-16-14-12-10-8-6-4-2/h6-21,38,41-46,49-53H,3-5,22-37H2,1-2H3,(H,54,55)/b8-6+,9-7+,12-10+,13-11+,16-14+,17-15+,19-18+,21-20+/t38?,41?,42-,43?,44?,45?,46?/m0/s1. The molecule has 1 fully saturated rings. The molecule has 8 atom stereocenters. The van der Waals surface area contributed by atoms with Crippen LogP contribution in [0.15, 0.2) is 97.2 Å². The lowest BCUT2D eigenvalue weighted by molar-refractivity contribution is -0.220. The number of unbranched alkanes of at least 4 members (excludes halogenated alkanes) is 11. The molecule has 1 aliphatic carbocycles. The second kappa shape index (κ2) is 35.4. The third-order valence-corrected chi connectivity index (χ3v) is 10.3. The smallest absolute Gasteiger partial charge is 0.462 e. The molecule has 0 heterocycles. The van der Waals surface area contributed by atoms with Gasteiger partial charge >= 0.3 is 19.8 Å². The van der Waals surface area contributed by atoms with E-state index < -0.39 is 75.7 Å². The Morgan fingerprint density at radius 1 is 0.533 bits per heavy atom. The van der Waals surface area contributed by atoms with Gasteiger partial charge in [-0.2, -0.15) is 0 Å². The fourth-order valence-electron chi connectivity index (χ4n) is 5.84. The third-order valence-electron chi connectivity index (χ3n) is 9.33. The molecule has 0 aromatic carbocycles. The van der Waals surface area contributed by atoms with E-state index >= 15 is 0 Å². The van der Waals surface area contributed by atoms with E-state index in [9.17, 15) is 44.6 Å². The van der Waals surface area contributed by atoms with E-state index in [0.717, 1.165) is 83.5 Å². The molecule has 1 aliphatic rings. The number of carbonyl (C=O) groups is 2. The molecule has 340 valence electrons. The van der Waals surface area contributed by atoms with Crippen molar-refractivity contribution in [1.29, 1.82) is 0 Å². The third kappa shape index (κ3) is 27.6. The first-order chi connectivity index (χ1) is 28.9. The minimum absolute atomic E-state index is 0.0609. The summed E-state index contributed by atoms with van der Waals surface area (Å²) in [5.74, 6) is -1.17. The Labute approximate surface area is 358 Å². The minimum atomic E-state index is -5.13. The van der Waals surface area contributed by atoms with Crippen molar-refractivity contribution in [3.63, 3.8) is 0 Å². The van der Waals surface area contributed by atoms with E-state index in [1.165, 1.54) is 0 Å². The second-order valence-electron chi connectivity index (χ2n) is 14.6. The van der Waals surface area contributed by atoms with Crippen LogP contribution in [-0.2, 0) is 32.7 Å². The highest BCUT2D eigenvalue weighted by atomic mass is 31.2. The first-order valence-electron chi connectivity index (χ1n) is 21.6. The maximum Gasteiger partial charge on any atom is 0.472 e. The van der Waals surface area contributed by atoms with Crippen molar-refractivity contribution in [2.24, 2.45) is 0 Å². The summed E-state index contributed by atoms with van der Waals surface area (Å²) in [4.78, 5) is 35.6. The Balaban J connectivity index is 2.52. The molecule has 0 spiro atoms. The number of esters is 2. The Bertz CT molecular complexity index is 1420. The highest BCUT2D eigenvalue weighted by Crippen LogP contribution is 2.47. The maximum atomic E-state index is 12.8. The van der Waals surface area contributed by atoms with Crippen LogP contribution in [0.4, 0.5) is 0 Å². The van der Waals surface area contributed by atoms with E-state index in [1.54, 1.807) is 0 Å². The molecule has 7 unspecified atom stereocenters. The number of rotatable bonds is 33. The van der Waals surface area contributed by atoms with Gasteiger partial charge in [0.1, 0.15) is 43.2 Å². The fraction of sp³-hybridized carbons (Fsp3) is 0.609. The molecule has 1 saturated carbocycles. The predicted octanol–water partition coefficient (Wildman–Crippen LogP) is 7.88. The van der Waals surface area contributed by atoms with Gasteiger partial charge in [0.2, 0.25) is 0 Å². The van der Waals surface area contributed by atoms with Crippen LogP contribution < -0.4 is 0 Å². The zero-order chi connectivity index (χ0) is 44.3. The SMILES string of the molecule is CC/C=C/C=C/C=C/CCCCCCCC(=O)OC(COC(=O)CCCCCCC/C=C/C=C/C=C/C=C/C=C/CCC)COP(=O)(O)OC1C(O)C(O)C(O)[C@H](O)C1O. The van der Waals surface area contributed by atoms with Gasteiger partial charge in [0, 0.05) is 12.8 Å². The summed E-state index contributed by atoms with van der Waals surface area (Å²) in [6, 6.07) is 0. The summed E-state index contributed by atoms with van der Waals surface area (Å²) in [7, 11) is -5.13. The number of hydrogen-bond donors (Lipinski definition) is 6. The summed E-state index contributed by atoms with van der Waals surface area (Å²) in [5.41, 5.74) is 0. The molecule has 13 nitrogen and oxygen atoms in total. The van der Waals surface area contributed by atoms with E-state index in [2.05, 4.69) is 38.2 Å². The largest absolute Gasteiger partial charge is 0.472 e. The van der Waals surface area contributed by atoms with Crippen LogP contribution in [-0.4, -0.2) is 98.3 Å². The first kappa shape index (κ1) is 54.8. The van der Waals surface area contributed by atoms with Gasteiger partial charge < -0.3 is 39.9 Å². The predicted molar refractivity (Wildman–Crippen MR) is 234 cm³/mol. The van der Waals surface area contributed by atoms with Gasteiger partial charge in [-0.05, 0) is 51.4 Å². The Morgan fingerprint density at radius 2 is 0.950 bits per heavy atom. The topological polar surface area (TPSA) is 210 Å². The number of carbonyl (C=O) groups excluding carboxylic acids is 2. The Hall–Kier alpha value is -3.23. The lowest BCUT2D eigenvalue weighted by atomic mass is 9.85. The van der Waals surface area contributed by atoms with Crippen molar-refractivity contribution in [3.8, 4) is 0 Å². The molecule has 14 heteroatoms. The zero-order valence-corrected chi connectivity index (χ0v) is 36.6. The number of allylic oxidation sites excluding steroid dienone is 16. The molecule has 60 heavy (non-hydrogen) atoms. The molecular formula is C46H73O13P. The van der Waals surface area contributed by atoms with Crippen LogP contribution in [0.1, 0.15) is 123 Å². The molecule has 0 aliphatic heterocycles. The van der Waals surface area contributed by atoms with Crippen molar-refractivity contribution >= 4 is 19.8 Å². The van der Waals surface area contributed by atoms with Crippen LogP contribution in [0.2, 0.25) is 0 Å². The molecule has 1 rings (SSSR count). The number of ether oxygens (including phenoxy) is 2. The van der Waals surface area contributed by atoms with Gasteiger partial charge in [0.15, 0.2) is 6.10 Å². The summed E-state index contributed by atoms with van der Waals surface area (Å²) in [6.45, 7) is 3.01. The van der Waals surface area contributed by atoms with Crippen molar-refractivity contribution in [2.45, 2.75) is 166 Å². The lowest BCUT2D eigenvalue weighted by Crippen LogP contribution is -2.64. The van der Waals surface area contributed by atoms with Gasteiger partial charge in [-0.25, -0.2) is 4.57 Å². The van der Waals surface area contributed by atoms with Crippen LogP contribution in [0.25, 0.3) is 0 Å². The number of hydrogen-bond acceptors (Lipinski definition) is 12. The van der Waals surface area contributed by atoms with Crippen molar-refractivity contribution in [2.75, 3.05) is 13.2 Å². The molecule has 0 aromatic rings. The molecule has 0 radical (unpaired) electrons. The molecule has 6 N–H and O–H groups in total. The molecule has 0 bridgehead atoms. The summed E-state index contributed by atoms with van der Waals surface area (Å²) >= 11 is 0. The molecular weight excluding hydrogens is 791 g/mol. The van der Waals surface area contributed by atoms with Gasteiger partial charge in [-0.1, -0.05) is 156 Å². The zero-order valence-electron chi connectivity index (χ0n) is 35.7. The average molecular weight is 865 g/mol. The van der Waals surface area contributed by atoms with E-state index in [-0.39, 0.29) is 12.8 Å². The van der Waals surface area contributed by atoms with Crippen LogP contribution >= 0.6 is 7.82 Å². The fourth-order valence-corrected chi connectivity index (χ4v) is 6.82. The molecule has 0 amide bonds. The van der Waals surface area contributed by atoms with Crippen molar-refractivity contribution in [3.05, 3.63) is 97.2 Å². The molecule has 0 saturated heterocycles. The van der Waals surface area contributed by atoms with Crippen LogP contribution in [0.3, 0.4) is 0 Å². The first-order valence-corrected chi connectivity index (χ1v) is 23.1. The highest BCUT2D eigenvalue weighted by Gasteiger charge is 2.51. The van der Waals surface area contributed by atoms with E-state index in [4.69, 9.17) is 18.5 Å². The highest BCUT2D eigenvalue weighted by molar-refractivity contribution is 7.47. The van der Waals surface area contributed by atoms with E-state index in [0.29, 0.717) is 12.8 Å². The summed E-state index contributed by atoms with van der Waals surface area (Å²) in [5, 5.41) is 50.1.